The fourth-order valence-electron chi connectivity index (χ4n) is 2.75. The second-order valence-corrected chi connectivity index (χ2v) is 5.67. The van der Waals surface area contributed by atoms with Crippen LogP contribution in [0.15, 0.2) is 4.99 Å². The molecule has 3 heteroatoms. The molecule has 0 unspecified atom stereocenters. The smallest absolute Gasteiger partial charge is 0.217 e. The van der Waals surface area contributed by atoms with Crippen LogP contribution in [0.4, 0.5) is 0 Å². The van der Waals surface area contributed by atoms with E-state index in [4.69, 9.17) is 9.47 Å². The number of hydrogen-bond acceptors (Lipinski definition) is 3. The van der Waals surface area contributed by atoms with Crippen LogP contribution in [0.1, 0.15) is 46.0 Å². The predicted octanol–water partition coefficient (Wildman–Crippen LogP) is 2.30. The number of hydrogen-bond donors (Lipinski definition) is 0. The summed E-state index contributed by atoms with van der Waals surface area (Å²) in [5.74, 6) is 0.863. The molecule has 84 valence electrons. The second kappa shape index (κ2) is 2.97. The van der Waals surface area contributed by atoms with E-state index in [-0.39, 0.29) is 17.2 Å². The highest BCUT2D eigenvalue weighted by Crippen LogP contribution is 2.49. The molecule has 1 aliphatic carbocycles. The van der Waals surface area contributed by atoms with Crippen molar-refractivity contribution in [1.29, 1.82) is 0 Å². The SMILES string of the molecule is CC1(C)COC([C@H]2OC23CCCCC3)=N1. The Morgan fingerprint density at radius 3 is 2.53 bits per heavy atom. The van der Waals surface area contributed by atoms with Crippen molar-refractivity contribution in [3.8, 4) is 0 Å². The van der Waals surface area contributed by atoms with Gasteiger partial charge < -0.3 is 9.47 Å². The third kappa shape index (κ3) is 1.57. The molecule has 3 nitrogen and oxygen atoms in total. The van der Waals surface area contributed by atoms with Gasteiger partial charge in [-0.05, 0) is 26.7 Å². The summed E-state index contributed by atoms with van der Waals surface area (Å²) in [5.41, 5.74) is 0.0780. The third-order valence-corrected chi connectivity index (χ3v) is 3.68. The third-order valence-electron chi connectivity index (χ3n) is 3.68. The summed E-state index contributed by atoms with van der Waals surface area (Å²) in [7, 11) is 0. The van der Waals surface area contributed by atoms with Crippen LogP contribution < -0.4 is 0 Å². The van der Waals surface area contributed by atoms with Gasteiger partial charge in [0.1, 0.15) is 12.2 Å². The Morgan fingerprint density at radius 2 is 1.93 bits per heavy atom. The van der Waals surface area contributed by atoms with Gasteiger partial charge in [0.2, 0.25) is 5.90 Å². The number of ether oxygens (including phenoxy) is 2. The van der Waals surface area contributed by atoms with Gasteiger partial charge in [-0.3, -0.25) is 0 Å². The van der Waals surface area contributed by atoms with Crippen LogP contribution in [0.3, 0.4) is 0 Å². The molecule has 2 fully saturated rings. The number of aliphatic imine (C=N–C) groups is 1. The van der Waals surface area contributed by atoms with Gasteiger partial charge in [0.05, 0.1) is 5.54 Å². The van der Waals surface area contributed by atoms with E-state index in [0.29, 0.717) is 6.61 Å². The molecule has 0 radical (unpaired) electrons. The molecule has 1 spiro atoms. The summed E-state index contributed by atoms with van der Waals surface area (Å²) >= 11 is 0. The lowest BCUT2D eigenvalue weighted by molar-refractivity contribution is 0.232. The molecule has 0 N–H and O–H groups in total. The summed E-state index contributed by atoms with van der Waals surface area (Å²) in [6.45, 7) is 4.92. The summed E-state index contributed by atoms with van der Waals surface area (Å²) in [6, 6.07) is 0. The van der Waals surface area contributed by atoms with Crippen LogP contribution in [0, 0.1) is 0 Å². The lowest BCUT2D eigenvalue weighted by atomic mass is 9.86. The summed E-state index contributed by atoms with van der Waals surface area (Å²) in [6.07, 6.45) is 6.53. The van der Waals surface area contributed by atoms with Crippen molar-refractivity contribution in [2.24, 2.45) is 4.99 Å². The van der Waals surface area contributed by atoms with Crippen molar-refractivity contribution >= 4 is 5.90 Å². The first-order valence-corrected chi connectivity index (χ1v) is 6.02. The van der Waals surface area contributed by atoms with Crippen LogP contribution >= 0.6 is 0 Å². The molecule has 0 amide bonds. The normalized spacial score (nSPS) is 36.1. The maximum Gasteiger partial charge on any atom is 0.217 e. The van der Waals surface area contributed by atoms with Gasteiger partial charge >= 0.3 is 0 Å². The van der Waals surface area contributed by atoms with E-state index < -0.39 is 0 Å². The molecule has 1 saturated carbocycles. The Balaban J connectivity index is 1.71. The average molecular weight is 209 g/mol. The Bertz CT molecular complexity index is 303. The van der Waals surface area contributed by atoms with E-state index in [2.05, 4.69) is 18.8 Å². The van der Waals surface area contributed by atoms with E-state index in [0.717, 1.165) is 5.90 Å². The fraction of sp³-hybridized carbons (Fsp3) is 0.917. The van der Waals surface area contributed by atoms with Gasteiger partial charge in [-0.2, -0.15) is 0 Å². The fourth-order valence-corrected chi connectivity index (χ4v) is 2.75. The minimum absolute atomic E-state index is 0.0445. The summed E-state index contributed by atoms with van der Waals surface area (Å²) in [4.78, 5) is 4.60. The standard InChI is InChI=1S/C12H19NO2/c1-11(2)8-14-10(13-11)9-12(15-9)6-4-3-5-7-12/h9H,3-8H2,1-2H3/t9-/m1/s1. The van der Waals surface area contributed by atoms with E-state index >= 15 is 0 Å². The molecule has 1 saturated heterocycles. The monoisotopic (exact) mass is 209 g/mol. The van der Waals surface area contributed by atoms with E-state index in [1.54, 1.807) is 0 Å². The minimum Gasteiger partial charge on any atom is -0.476 e. The molecule has 2 aliphatic heterocycles. The van der Waals surface area contributed by atoms with Crippen molar-refractivity contribution < 1.29 is 9.47 Å². The molecule has 0 aromatic heterocycles. The quantitative estimate of drug-likeness (QED) is 0.621. The highest BCUT2D eigenvalue weighted by Gasteiger charge is 2.60. The number of nitrogens with zero attached hydrogens (tertiary/aromatic N) is 1. The molecule has 1 atom stereocenters. The van der Waals surface area contributed by atoms with Crippen LogP contribution in [-0.4, -0.2) is 29.7 Å². The summed E-state index contributed by atoms with van der Waals surface area (Å²) < 4.78 is 11.5. The first kappa shape index (κ1) is 9.64. The Morgan fingerprint density at radius 1 is 1.20 bits per heavy atom. The van der Waals surface area contributed by atoms with Crippen LogP contribution in [-0.2, 0) is 9.47 Å². The van der Waals surface area contributed by atoms with E-state index in [1.165, 1.54) is 32.1 Å². The van der Waals surface area contributed by atoms with Crippen molar-refractivity contribution in [3.63, 3.8) is 0 Å². The van der Waals surface area contributed by atoms with Crippen molar-refractivity contribution in [1.82, 2.24) is 0 Å². The zero-order valence-electron chi connectivity index (χ0n) is 9.58. The number of epoxide rings is 1. The van der Waals surface area contributed by atoms with Gasteiger partial charge in [-0.25, -0.2) is 4.99 Å². The predicted molar refractivity (Wildman–Crippen MR) is 58.2 cm³/mol. The molecule has 0 aromatic rings. The summed E-state index contributed by atoms with van der Waals surface area (Å²) in [5, 5.41) is 0. The molecule has 15 heavy (non-hydrogen) atoms. The number of rotatable bonds is 1. The van der Waals surface area contributed by atoms with E-state index in [9.17, 15) is 0 Å². The van der Waals surface area contributed by atoms with Crippen LogP contribution in [0.5, 0.6) is 0 Å². The maximum atomic E-state index is 5.87. The molecule has 0 bridgehead atoms. The molecule has 0 aromatic carbocycles. The lowest BCUT2D eigenvalue weighted by Crippen LogP contribution is -2.23. The Labute approximate surface area is 90.9 Å². The Kier molecular flexibility index (Phi) is 1.91. The molecule has 3 rings (SSSR count). The van der Waals surface area contributed by atoms with Crippen molar-refractivity contribution in [2.75, 3.05) is 6.61 Å². The largest absolute Gasteiger partial charge is 0.476 e. The Hall–Kier alpha value is -0.570. The molecular weight excluding hydrogens is 190 g/mol. The maximum absolute atomic E-state index is 5.87. The van der Waals surface area contributed by atoms with Crippen molar-refractivity contribution in [2.45, 2.75) is 63.2 Å². The van der Waals surface area contributed by atoms with Crippen molar-refractivity contribution in [3.05, 3.63) is 0 Å². The van der Waals surface area contributed by atoms with Gasteiger partial charge in [-0.15, -0.1) is 0 Å². The van der Waals surface area contributed by atoms with Gasteiger partial charge in [0.15, 0.2) is 6.10 Å². The van der Waals surface area contributed by atoms with Gasteiger partial charge in [-0.1, -0.05) is 19.3 Å². The van der Waals surface area contributed by atoms with Crippen LogP contribution in [0.2, 0.25) is 0 Å². The average Bonchev–Trinajstić information content (AvgIpc) is 2.75. The molecular formula is C12H19NO2. The van der Waals surface area contributed by atoms with Gasteiger partial charge in [0, 0.05) is 0 Å². The highest BCUT2D eigenvalue weighted by molar-refractivity contribution is 5.86. The van der Waals surface area contributed by atoms with E-state index in [1.807, 2.05) is 0 Å². The van der Waals surface area contributed by atoms with Crippen LogP contribution in [0.25, 0.3) is 0 Å². The molecule has 3 aliphatic rings. The zero-order valence-corrected chi connectivity index (χ0v) is 9.58. The van der Waals surface area contributed by atoms with Gasteiger partial charge in [0.25, 0.3) is 0 Å². The first-order valence-electron chi connectivity index (χ1n) is 6.02. The minimum atomic E-state index is -0.0445. The molecule has 2 heterocycles. The lowest BCUT2D eigenvalue weighted by Gasteiger charge is -2.17. The first-order chi connectivity index (χ1) is 7.11. The highest BCUT2D eigenvalue weighted by atomic mass is 16.6. The topological polar surface area (TPSA) is 34.1 Å². The zero-order chi connectivity index (χ0) is 10.5. The second-order valence-electron chi connectivity index (χ2n) is 5.67.